The Morgan fingerprint density at radius 1 is 1.39 bits per heavy atom. The largest absolute Gasteiger partial charge is 0.311 e. The number of alkyl halides is 1. The molecule has 0 fully saturated rings. The molecule has 0 saturated heterocycles. The van der Waals surface area contributed by atoms with Gasteiger partial charge >= 0.3 is 0 Å². The second-order valence-corrected chi connectivity index (χ2v) is 5.31. The molecule has 2 atom stereocenters. The Bertz CT molecular complexity index is 325. The van der Waals surface area contributed by atoms with Gasteiger partial charge in [0.05, 0.1) is 5.69 Å². The number of hydrogen-bond donors (Lipinski definition) is 1. The zero-order valence-corrected chi connectivity index (χ0v) is 12.6. The zero-order chi connectivity index (χ0) is 13.4. The lowest BCUT2D eigenvalue weighted by Gasteiger charge is -2.13. The summed E-state index contributed by atoms with van der Waals surface area (Å²) >= 11 is 5.78. The number of nitrogens with zero attached hydrogens (tertiary/aromatic N) is 2. The monoisotopic (exact) mass is 271 g/mol. The van der Waals surface area contributed by atoms with Crippen molar-refractivity contribution >= 4 is 11.6 Å². The van der Waals surface area contributed by atoms with Gasteiger partial charge in [-0.2, -0.15) is 5.10 Å². The predicted octanol–water partition coefficient (Wildman–Crippen LogP) is 3.60. The fraction of sp³-hybridized carbons (Fsp3) is 0.786. The van der Waals surface area contributed by atoms with Crippen LogP contribution in [0.1, 0.15) is 51.8 Å². The maximum Gasteiger partial charge on any atom is 0.0762 e. The molecule has 0 aliphatic carbocycles. The first-order valence-electron chi connectivity index (χ1n) is 7.01. The van der Waals surface area contributed by atoms with E-state index in [0.29, 0.717) is 12.0 Å². The molecule has 1 N–H and O–H groups in total. The molecule has 1 rings (SSSR count). The van der Waals surface area contributed by atoms with E-state index in [0.717, 1.165) is 37.5 Å². The Labute approximate surface area is 116 Å². The highest BCUT2D eigenvalue weighted by Crippen LogP contribution is 2.10. The van der Waals surface area contributed by atoms with E-state index in [1.165, 1.54) is 6.42 Å². The molecule has 4 heteroatoms. The van der Waals surface area contributed by atoms with Gasteiger partial charge in [0.2, 0.25) is 0 Å². The van der Waals surface area contributed by atoms with Crippen molar-refractivity contribution in [2.24, 2.45) is 5.92 Å². The van der Waals surface area contributed by atoms with Crippen molar-refractivity contribution in [3.63, 3.8) is 0 Å². The normalized spacial score (nSPS) is 14.7. The van der Waals surface area contributed by atoms with Crippen molar-refractivity contribution in [3.8, 4) is 0 Å². The van der Waals surface area contributed by atoms with Gasteiger partial charge in [-0.25, -0.2) is 0 Å². The molecular formula is C14H26ClN3. The van der Waals surface area contributed by atoms with E-state index >= 15 is 0 Å². The molecule has 0 amide bonds. The summed E-state index contributed by atoms with van der Waals surface area (Å²) in [7, 11) is 0. The van der Waals surface area contributed by atoms with Gasteiger partial charge < -0.3 is 5.32 Å². The lowest BCUT2D eigenvalue weighted by atomic mass is 10.0. The molecule has 0 aliphatic heterocycles. The van der Waals surface area contributed by atoms with Gasteiger partial charge in [0.25, 0.3) is 0 Å². The summed E-state index contributed by atoms with van der Waals surface area (Å²) in [5, 5.41) is 8.05. The minimum atomic E-state index is 0.485. The van der Waals surface area contributed by atoms with E-state index in [1.54, 1.807) is 0 Å². The van der Waals surface area contributed by atoms with Gasteiger partial charge in [-0.05, 0) is 38.3 Å². The average Bonchev–Trinajstić information content (AvgIpc) is 2.85. The highest BCUT2D eigenvalue weighted by Gasteiger charge is 2.07. The SMILES string of the molecule is CCC(CCCl)CNCc1ccn(C(C)CC)n1. The summed E-state index contributed by atoms with van der Waals surface area (Å²) in [5.41, 5.74) is 1.12. The molecule has 0 aromatic carbocycles. The lowest BCUT2D eigenvalue weighted by molar-refractivity contribution is 0.442. The van der Waals surface area contributed by atoms with Gasteiger partial charge in [0.15, 0.2) is 0 Å². The number of nitrogens with one attached hydrogen (secondary N) is 1. The minimum Gasteiger partial charge on any atom is -0.311 e. The number of hydrogen-bond acceptors (Lipinski definition) is 2. The molecule has 0 bridgehead atoms. The lowest BCUT2D eigenvalue weighted by Crippen LogP contribution is -2.22. The standard InChI is InChI=1S/C14H26ClN3/c1-4-12(3)18-9-7-14(17-18)11-16-10-13(5-2)6-8-15/h7,9,12-13,16H,4-6,8,10-11H2,1-3H3. The van der Waals surface area contributed by atoms with Gasteiger partial charge in [-0.3, -0.25) is 4.68 Å². The van der Waals surface area contributed by atoms with Crippen LogP contribution in [0.15, 0.2) is 12.3 Å². The van der Waals surface area contributed by atoms with Crippen molar-refractivity contribution in [2.75, 3.05) is 12.4 Å². The van der Waals surface area contributed by atoms with E-state index in [2.05, 4.69) is 43.4 Å². The zero-order valence-electron chi connectivity index (χ0n) is 11.8. The maximum absolute atomic E-state index is 5.78. The van der Waals surface area contributed by atoms with Gasteiger partial charge in [0, 0.05) is 24.7 Å². The van der Waals surface area contributed by atoms with Crippen LogP contribution in [0, 0.1) is 5.92 Å². The highest BCUT2D eigenvalue weighted by atomic mass is 35.5. The molecule has 1 aromatic heterocycles. The number of rotatable bonds is 9. The number of aromatic nitrogens is 2. The Balaban J connectivity index is 2.32. The van der Waals surface area contributed by atoms with Crippen molar-refractivity contribution in [3.05, 3.63) is 18.0 Å². The molecule has 0 saturated carbocycles. The van der Waals surface area contributed by atoms with E-state index < -0.39 is 0 Å². The topological polar surface area (TPSA) is 29.9 Å². The molecule has 1 aromatic rings. The van der Waals surface area contributed by atoms with Gasteiger partial charge in [0.1, 0.15) is 0 Å². The third-order valence-corrected chi connectivity index (χ3v) is 3.76. The van der Waals surface area contributed by atoms with Crippen LogP contribution in [0.4, 0.5) is 0 Å². The van der Waals surface area contributed by atoms with Crippen LogP contribution in [0.25, 0.3) is 0 Å². The second-order valence-electron chi connectivity index (χ2n) is 4.93. The Hall–Kier alpha value is -0.540. The molecule has 18 heavy (non-hydrogen) atoms. The van der Waals surface area contributed by atoms with E-state index in [4.69, 9.17) is 11.6 Å². The minimum absolute atomic E-state index is 0.485. The third-order valence-electron chi connectivity index (χ3n) is 3.54. The van der Waals surface area contributed by atoms with Crippen LogP contribution < -0.4 is 5.32 Å². The summed E-state index contributed by atoms with van der Waals surface area (Å²) in [6.45, 7) is 8.47. The first kappa shape index (κ1) is 15.5. The number of halogens is 1. The summed E-state index contributed by atoms with van der Waals surface area (Å²) in [4.78, 5) is 0. The molecule has 0 aliphatic rings. The van der Waals surface area contributed by atoms with Crippen LogP contribution >= 0.6 is 11.6 Å². The summed E-state index contributed by atoms with van der Waals surface area (Å²) < 4.78 is 2.05. The highest BCUT2D eigenvalue weighted by molar-refractivity contribution is 6.17. The molecule has 1 heterocycles. The molecule has 0 spiro atoms. The van der Waals surface area contributed by atoms with Crippen molar-refractivity contribution in [1.82, 2.24) is 15.1 Å². The smallest absolute Gasteiger partial charge is 0.0762 e. The first-order valence-corrected chi connectivity index (χ1v) is 7.55. The molecule has 104 valence electrons. The van der Waals surface area contributed by atoms with Crippen LogP contribution in [0.2, 0.25) is 0 Å². The molecular weight excluding hydrogens is 246 g/mol. The fourth-order valence-corrected chi connectivity index (χ4v) is 2.22. The van der Waals surface area contributed by atoms with Crippen molar-refractivity contribution in [1.29, 1.82) is 0 Å². The van der Waals surface area contributed by atoms with Crippen LogP contribution in [-0.2, 0) is 6.54 Å². The molecule has 2 unspecified atom stereocenters. The summed E-state index contributed by atoms with van der Waals surface area (Å²) in [6, 6.07) is 2.58. The Morgan fingerprint density at radius 2 is 2.17 bits per heavy atom. The Morgan fingerprint density at radius 3 is 2.78 bits per heavy atom. The second kappa shape index (κ2) is 8.54. The first-order chi connectivity index (χ1) is 8.71. The molecule has 0 radical (unpaired) electrons. The van der Waals surface area contributed by atoms with Crippen LogP contribution in [-0.4, -0.2) is 22.2 Å². The van der Waals surface area contributed by atoms with E-state index in [-0.39, 0.29) is 0 Å². The van der Waals surface area contributed by atoms with E-state index in [9.17, 15) is 0 Å². The maximum atomic E-state index is 5.78. The Kier molecular flexibility index (Phi) is 7.36. The average molecular weight is 272 g/mol. The fourth-order valence-electron chi connectivity index (χ4n) is 1.91. The summed E-state index contributed by atoms with van der Waals surface area (Å²) in [5.74, 6) is 1.43. The van der Waals surface area contributed by atoms with Crippen molar-refractivity contribution < 1.29 is 0 Å². The molecule has 3 nitrogen and oxygen atoms in total. The van der Waals surface area contributed by atoms with E-state index in [1.807, 2.05) is 4.68 Å². The quantitative estimate of drug-likeness (QED) is 0.696. The summed E-state index contributed by atoms with van der Waals surface area (Å²) in [6.07, 6.45) is 5.46. The van der Waals surface area contributed by atoms with Gasteiger partial charge in [-0.15, -0.1) is 11.6 Å². The van der Waals surface area contributed by atoms with Crippen LogP contribution in [0.3, 0.4) is 0 Å². The van der Waals surface area contributed by atoms with Crippen molar-refractivity contribution in [2.45, 2.75) is 52.6 Å². The van der Waals surface area contributed by atoms with Crippen LogP contribution in [0.5, 0.6) is 0 Å². The third kappa shape index (κ3) is 4.99. The van der Waals surface area contributed by atoms with Gasteiger partial charge in [-0.1, -0.05) is 20.3 Å². The predicted molar refractivity (Wildman–Crippen MR) is 78.1 cm³/mol.